The highest BCUT2D eigenvalue weighted by molar-refractivity contribution is 7.89. The number of hydrogen-bond donors (Lipinski definition) is 1. The first-order chi connectivity index (χ1) is 15.6. The normalized spacial score (nSPS) is 17.1. The molecule has 2 aromatic rings. The molecule has 1 aromatic heterocycles. The lowest BCUT2D eigenvalue weighted by atomic mass is 9.98. The molecule has 1 aromatic carbocycles. The molecule has 33 heavy (non-hydrogen) atoms. The number of esters is 1. The van der Waals surface area contributed by atoms with E-state index in [1.54, 1.807) is 32.4 Å². The van der Waals surface area contributed by atoms with Gasteiger partial charge in [0.05, 0.1) is 12.5 Å². The molecule has 1 amide bonds. The van der Waals surface area contributed by atoms with Crippen molar-refractivity contribution in [2.45, 2.75) is 51.9 Å². The van der Waals surface area contributed by atoms with Crippen LogP contribution in [0.3, 0.4) is 0 Å². The van der Waals surface area contributed by atoms with Gasteiger partial charge in [-0.1, -0.05) is 25.1 Å². The number of sulfonamides is 1. The number of ether oxygens (including phenoxy) is 1. The molecule has 0 saturated carbocycles. The predicted octanol–water partition coefficient (Wildman–Crippen LogP) is 3.42. The lowest BCUT2D eigenvalue weighted by Gasteiger charge is -2.31. The van der Waals surface area contributed by atoms with E-state index in [4.69, 9.17) is 4.74 Å². The van der Waals surface area contributed by atoms with Gasteiger partial charge in [-0.25, -0.2) is 13.2 Å². The van der Waals surface area contributed by atoms with E-state index >= 15 is 0 Å². The van der Waals surface area contributed by atoms with Crippen molar-refractivity contribution in [3.63, 3.8) is 0 Å². The second kappa shape index (κ2) is 10.1. The number of para-hydroxylation sites is 1. The van der Waals surface area contributed by atoms with Crippen molar-refractivity contribution < 1.29 is 22.7 Å². The van der Waals surface area contributed by atoms with E-state index in [1.165, 1.54) is 4.31 Å². The van der Waals surface area contributed by atoms with Crippen LogP contribution in [0, 0.1) is 19.8 Å². The smallest absolute Gasteiger partial charge is 0.341 e. The number of nitrogens with zero attached hydrogens (tertiary/aromatic N) is 2. The molecule has 1 atom stereocenters. The van der Waals surface area contributed by atoms with Crippen LogP contribution in [-0.2, 0) is 33.0 Å². The number of nitrogens with one attached hydrogen (secondary N) is 1. The second-order valence-electron chi connectivity index (χ2n) is 8.36. The number of aromatic nitrogens is 1. The monoisotopic (exact) mass is 475 g/mol. The first-order valence-corrected chi connectivity index (χ1v) is 12.8. The van der Waals surface area contributed by atoms with Crippen LogP contribution in [0.4, 0.5) is 5.69 Å². The summed E-state index contributed by atoms with van der Waals surface area (Å²) in [5, 5.41) is 2.98. The van der Waals surface area contributed by atoms with E-state index in [2.05, 4.69) is 5.32 Å². The third kappa shape index (κ3) is 4.84. The van der Waals surface area contributed by atoms with Gasteiger partial charge in [0.15, 0.2) is 0 Å². The summed E-state index contributed by atoms with van der Waals surface area (Å²) in [4.78, 5) is 25.6. The summed E-state index contributed by atoms with van der Waals surface area (Å²) in [5.41, 5.74) is 2.86. The summed E-state index contributed by atoms with van der Waals surface area (Å²) in [7, 11) is -2.28. The lowest BCUT2D eigenvalue weighted by molar-refractivity contribution is -0.120. The molecule has 0 spiro atoms. The standard InChI is InChI=1S/C24H33N3O5S/c1-6-18-11-8-9-13-20(18)25-23(28)19-12-10-14-27(15-19)33(30,31)22-17(4)26(5)16(3)21(22)24(29)32-7-2/h8-9,11,13,19H,6-7,10,12,14-15H2,1-5H3,(H,25,28)/t19-/m1/s1. The molecular formula is C24H33N3O5S. The maximum atomic E-state index is 13.7. The lowest BCUT2D eigenvalue weighted by Crippen LogP contribution is -2.44. The Morgan fingerprint density at radius 3 is 2.52 bits per heavy atom. The molecule has 1 fully saturated rings. The molecule has 0 unspecified atom stereocenters. The van der Waals surface area contributed by atoms with Gasteiger partial charge < -0.3 is 14.6 Å². The molecule has 0 bridgehead atoms. The number of piperidine rings is 1. The van der Waals surface area contributed by atoms with E-state index in [1.807, 2.05) is 31.2 Å². The number of benzene rings is 1. The number of anilines is 1. The topological polar surface area (TPSA) is 97.7 Å². The van der Waals surface area contributed by atoms with E-state index < -0.39 is 21.9 Å². The minimum absolute atomic E-state index is 0.0293. The molecule has 1 aliphatic rings. The molecule has 180 valence electrons. The minimum Gasteiger partial charge on any atom is -0.462 e. The summed E-state index contributed by atoms with van der Waals surface area (Å²) in [6.45, 7) is 7.60. The van der Waals surface area contributed by atoms with Crippen LogP contribution in [-0.4, -0.2) is 48.9 Å². The average molecular weight is 476 g/mol. The van der Waals surface area contributed by atoms with Crippen LogP contribution < -0.4 is 5.32 Å². The molecule has 1 N–H and O–H groups in total. The zero-order chi connectivity index (χ0) is 24.3. The van der Waals surface area contributed by atoms with Gasteiger partial charge in [-0.2, -0.15) is 4.31 Å². The summed E-state index contributed by atoms with van der Waals surface area (Å²) >= 11 is 0. The fourth-order valence-electron chi connectivity index (χ4n) is 4.37. The molecule has 2 heterocycles. The zero-order valence-corrected chi connectivity index (χ0v) is 20.8. The Hall–Kier alpha value is -2.65. The number of carbonyl (C=O) groups excluding carboxylic acids is 2. The van der Waals surface area contributed by atoms with Crippen molar-refractivity contribution in [3.05, 3.63) is 46.8 Å². The third-order valence-corrected chi connectivity index (χ3v) is 8.44. The maximum absolute atomic E-state index is 13.7. The van der Waals surface area contributed by atoms with Gasteiger partial charge in [-0.3, -0.25) is 4.79 Å². The highest BCUT2D eigenvalue weighted by Gasteiger charge is 2.39. The van der Waals surface area contributed by atoms with Crippen LogP contribution in [0.5, 0.6) is 0 Å². The molecule has 1 aliphatic heterocycles. The number of aryl methyl sites for hydroxylation is 1. The van der Waals surface area contributed by atoms with Crippen molar-refractivity contribution in [1.29, 1.82) is 0 Å². The van der Waals surface area contributed by atoms with Gasteiger partial charge in [-0.15, -0.1) is 0 Å². The number of hydrogen-bond acceptors (Lipinski definition) is 5. The van der Waals surface area contributed by atoms with Gasteiger partial charge >= 0.3 is 5.97 Å². The predicted molar refractivity (Wildman–Crippen MR) is 127 cm³/mol. The van der Waals surface area contributed by atoms with Crippen molar-refractivity contribution in [2.24, 2.45) is 13.0 Å². The number of amides is 1. The van der Waals surface area contributed by atoms with Crippen LogP contribution in [0.2, 0.25) is 0 Å². The number of rotatable bonds is 7. The zero-order valence-electron chi connectivity index (χ0n) is 20.0. The SMILES string of the molecule is CCOC(=O)c1c(S(=O)(=O)N2CCC[C@@H](C(=O)Nc3ccccc3CC)C2)c(C)n(C)c1C. The molecule has 8 nitrogen and oxygen atoms in total. The largest absolute Gasteiger partial charge is 0.462 e. The Labute approximate surface area is 196 Å². The third-order valence-electron chi connectivity index (χ3n) is 6.41. The Balaban J connectivity index is 1.89. The molecule has 3 rings (SSSR count). The van der Waals surface area contributed by atoms with Crippen molar-refractivity contribution in [3.8, 4) is 0 Å². The Bertz CT molecular complexity index is 1150. The molecule has 1 saturated heterocycles. The van der Waals surface area contributed by atoms with Crippen LogP contribution in [0.25, 0.3) is 0 Å². The molecule has 9 heteroatoms. The van der Waals surface area contributed by atoms with Crippen molar-refractivity contribution in [2.75, 3.05) is 25.0 Å². The fraction of sp³-hybridized carbons (Fsp3) is 0.500. The first kappa shape index (κ1) is 25.0. The quantitative estimate of drug-likeness (QED) is 0.619. The first-order valence-electron chi connectivity index (χ1n) is 11.3. The fourth-order valence-corrected chi connectivity index (χ4v) is 6.37. The van der Waals surface area contributed by atoms with Gasteiger partial charge in [0, 0.05) is 37.2 Å². The van der Waals surface area contributed by atoms with Crippen molar-refractivity contribution in [1.82, 2.24) is 8.87 Å². The van der Waals surface area contributed by atoms with Gasteiger partial charge in [0.2, 0.25) is 15.9 Å². The van der Waals surface area contributed by atoms with Gasteiger partial charge in [-0.05, 0) is 51.7 Å². The Kier molecular flexibility index (Phi) is 7.64. The van der Waals surface area contributed by atoms with E-state index in [9.17, 15) is 18.0 Å². The maximum Gasteiger partial charge on any atom is 0.341 e. The second-order valence-corrected chi connectivity index (χ2v) is 10.2. The van der Waals surface area contributed by atoms with E-state index in [0.29, 0.717) is 30.8 Å². The Morgan fingerprint density at radius 2 is 1.85 bits per heavy atom. The van der Waals surface area contributed by atoms with Gasteiger partial charge in [0.25, 0.3) is 0 Å². The number of carbonyl (C=O) groups is 2. The van der Waals surface area contributed by atoms with E-state index in [0.717, 1.165) is 17.7 Å². The summed E-state index contributed by atoms with van der Waals surface area (Å²) in [6, 6.07) is 7.61. The van der Waals surface area contributed by atoms with Gasteiger partial charge in [0.1, 0.15) is 10.5 Å². The minimum atomic E-state index is -4.01. The van der Waals surface area contributed by atoms with Crippen LogP contribution in [0.15, 0.2) is 29.2 Å². The molecule has 0 aliphatic carbocycles. The Morgan fingerprint density at radius 1 is 1.15 bits per heavy atom. The highest BCUT2D eigenvalue weighted by atomic mass is 32.2. The molecule has 0 radical (unpaired) electrons. The summed E-state index contributed by atoms with van der Waals surface area (Å²) in [5.74, 6) is -1.32. The van der Waals surface area contributed by atoms with Crippen molar-refractivity contribution >= 4 is 27.6 Å². The highest BCUT2D eigenvalue weighted by Crippen LogP contribution is 2.32. The van der Waals surface area contributed by atoms with E-state index in [-0.39, 0.29) is 29.5 Å². The summed E-state index contributed by atoms with van der Waals surface area (Å²) < 4.78 is 35.6. The van der Waals surface area contributed by atoms with Crippen LogP contribution >= 0.6 is 0 Å². The average Bonchev–Trinajstić information content (AvgIpc) is 3.04. The molecular weight excluding hydrogens is 442 g/mol. The van der Waals surface area contributed by atoms with Crippen LogP contribution in [0.1, 0.15) is 54.0 Å². The summed E-state index contributed by atoms with van der Waals surface area (Å²) in [6.07, 6.45) is 1.95.